The van der Waals surface area contributed by atoms with E-state index in [9.17, 15) is 4.79 Å². The molecule has 0 spiro atoms. The van der Waals surface area contributed by atoms with Crippen molar-refractivity contribution in [3.05, 3.63) is 30.1 Å². The van der Waals surface area contributed by atoms with Crippen LogP contribution in [0.25, 0.3) is 0 Å². The van der Waals surface area contributed by atoms with Crippen molar-refractivity contribution < 1.29 is 4.79 Å². The minimum Gasteiger partial charge on any atom is -0.299 e. The third kappa shape index (κ3) is 2.98. The Hall–Kier alpha value is -1.18. The fourth-order valence-corrected chi connectivity index (χ4v) is 1.10. The Morgan fingerprint density at radius 3 is 2.62 bits per heavy atom. The number of aromatic nitrogens is 1. The minimum absolute atomic E-state index is 0.174. The maximum atomic E-state index is 11.5. The van der Waals surface area contributed by atoms with Crippen LogP contribution in [0.3, 0.4) is 0 Å². The molecule has 0 radical (unpaired) electrons. The summed E-state index contributed by atoms with van der Waals surface area (Å²) in [6, 6.07) is 3.78. The molecule has 0 aromatic carbocycles. The van der Waals surface area contributed by atoms with Gasteiger partial charge in [0.15, 0.2) is 0 Å². The van der Waals surface area contributed by atoms with Gasteiger partial charge < -0.3 is 0 Å². The van der Waals surface area contributed by atoms with Crippen LogP contribution in [0.15, 0.2) is 24.5 Å². The van der Waals surface area contributed by atoms with Gasteiger partial charge in [0, 0.05) is 24.7 Å². The second-order valence-corrected chi connectivity index (χ2v) is 3.31. The first-order valence-corrected chi connectivity index (χ1v) is 4.65. The van der Waals surface area contributed by atoms with Gasteiger partial charge in [0.2, 0.25) is 0 Å². The molecule has 70 valence electrons. The molecular weight excluding hydrogens is 162 g/mol. The summed E-state index contributed by atoms with van der Waals surface area (Å²) in [5.74, 6) is 0.488. The van der Waals surface area contributed by atoms with Crippen LogP contribution in [0.5, 0.6) is 0 Å². The second-order valence-electron chi connectivity index (χ2n) is 3.31. The van der Waals surface area contributed by atoms with Crippen molar-refractivity contribution in [3.8, 4) is 0 Å². The zero-order valence-electron chi connectivity index (χ0n) is 8.16. The normalized spacial score (nSPS) is 12.5. The van der Waals surface area contributed by atoms with Crippen LogP contribution in [0.2, 0.25) is 0 Å². The zero-order chi connectivity index (χ0) is 9.68. The Labute approximate surface area is 79.0 Å². The second kappa shape index (κ2) is 4.75. The molecule has 0 bridgehead atoms. The van der Waals surface area contributed by atoms with Gasteiger partial charge in [-0.25, -0.2) is 0 Å². The van der Waals surface area contributed by atoms with E-state index >= 15 is 0 Å². The highest BCUT2D eigenvalue weighted by atomic mass is 16.1. The lowest BCUT2D eigenvalue weighted by Gasteiger charge is -2.06. The van der Waals surface area contributed by atoms with Crippen molar-refractivity contribution in [2.24, 2.45) is 5.92 Å². The molecule has 1 rings (SSSR count). The molecule has 0 aliphatic carbocycles. The molecule has 2 nitrogen and oxygen atoms in total. The molecule has 13 heavy (non-hydrogen) atoms. The van der Waals surface area contributed by atoms with Gasteiger partial charge >= 0.3 is 0 Å². The Morgan fingerprint density at radius 1 is 1.46 bits per heavy atom. The van der Waals surface area contributed by atoms with E-state index in [2.05, 4.69) is 4.98 Å². The van der Waals surface area contributed by atoms with Crippen molar-refractivity contribution in [2.75, 3.05) is 0 Å². The minimum atomic E-state index is 0.174. The zero-order valence-corrected chi connectivity index (χ0v) is 8.16. The third-order valence-electron chi connectivity index (χ3n) is 2.29. The Kier molecular flexibility index (Phi) is 3.62. The summed E-state index contributed by atoms with van der Waals surface area (Å²) in [5.41, 5.74) is 1.06. The fraction of sp³-hybridized carbons (Fsp3) is 0.455. The maximum Gasteiger partial charge on any atom is 0.140 e. The van der Waals surface area contributed by atoms with Crippen molar-refractivity contribution in [1.29, 1.82) is 0 Å². The van der Waals surface area contributed by atoms with Crippen LogP contribution in [0, 0.1) is 5.92 Å². The molecule has 1 heterocycles. The summed E-state index contributed by atoms with van der Waals surface area (Å²) in [6.45, 7) is 4.01. The fourth-order valence-electron chi connectivity index (χ4n) is 1.10. The van der Waals surface area contributed by atoms with Gasteiger partial charge in [0.1, 0.15) is 5.78 Å². The summed E-state index contributed by atoms with van der Waals surface area (Å²) in [6.07, 6.45) is 4.90. The highest BCUT2D eigenvalue weighted by Gasteiger charge is 2.10. The summed E-state index contributed by atoms with van der Waals surface area (Å²) in [5, 5.41) is 0. The third-order valence-corrected chi connectivity index (χ3v) is 2.29. The van der Waals surface area contributed by atoms with Gasteiger partial charge in [-0.05, 0) is 24.1 Å². The van der Waals surface area contributed by atoms with E-state index in [-0.39, 0.29) is 5.92 Å². The summed E-state index contributed by atoms with van der Waals surface area (Å²) >= 11 is 0. The van der Waals surface area contributed by atoms with E-state index in [0.29, 0.717) is 12.2 Å². The van der Waals surface area contributed by atoms with Crippen molar-refractivity contribution in [3.63, 3.8) is 0 Å². The standard InChI is InChI=1S/C11H15NO/c1-3-9(2)11(13)8-10-4-6-12-7-5-10/h4-7,9H,3,8H2,1-2H3. The van der Waals surface area contributed by atoms with Crippen LogP contribution >= 0.6 is 0 Å². The van der Waals surface area contributed by atoms with E-state index in [1.807, 2.05) is 26.0 Å². The van der Waals surface area contributed by atoms with Crippen LogP contribution < -0.4 is 0 Å². The molecular formula is C11H15NO. The number of Topliss-reactive ketones (excluding diaryl/α,β-unsaturated/α-hetero) is 1. The molecule has 1 aromatic heterocycles. The summed E-state index contributed by atoms with van der Waals surface area (Å²) in [4.78, 5) is 15.4. The Balaban J connectivity index is 2.55. The smallest absolute Gasteiger partial charge is 0.140 e. The number of carbonyl (C=O) groups is 1. The predicted octanol–water partition coefficient (Wildman–Crippen LogP) is 2.24. The average Bonchev–Trinajstić information content (AvgIpc) is 2.18. The number of carbonyl (C=O) groups excluding carboxylic acids is 1. The molecule has 0 saturated heterocycles. The molecule has 0 aliphatic heterocycles. The van der Waals surface area contributed by atoms with Gasteiger partial charge in [-0.1, -0.05) is 13.8 Å². The highest BCUT2D eigenvalue weighted by molar-refractivity contribution is 5.82. The van der Waals surface area contributed by atoms with E-state index in [0.717, 1.165) is 12.0 Å². The predicted molar refractivity (Wildman–Crippen MR) is 52.4 cm³/mol. The largest absolute Gasteiger partial charge is 0.299 e. The number of ketones is 1. The number of nitrogens with zero attached hydrogens (tertiary/aromatic N) is 1. The molecule has 0 saturated carbocycles. The monoisotopic (exact) mass is 177 g/mol. The summed E-state index contributed by atoms with van der Waals surface area (Å²) < 4.78 is 0. The molecule has 0 amide bonds. The van der Waals surface area contributed by atoms with Gasteiger partial charge in [0.25, 0.3) is 0 Å². The van der Waals surface area contributed by atoms with Gasteiger partial charge in [-0.15, -0.1) is 0 Å². The lowest BCUT2D eigenvalue weighted by Crippen LogP contribution is -2.12. The van der Waals surface area contributed by atoms with Crippen molar-refractivity contribution in [1.82, 2.24) is 4.98 Å². The molecule has 1 unspecified atom stereocenters. The van der Waals surface area contributed by atoms with Gasteiger partial charge in [-0.3, -0.25) is 9.78 Å². The Bertz CT molecular complexity index is 269. The lowest BCUT2D eigenvalue weighted by atomic mass is 9.98. The topological polar surface area (TPSA) is 30.0 Å². The van der Waals surface area contributed by atoms with E-state index in [4.69, 9.17) is 0 Å². The SMILES string of the molecule is CCC(C)C(=O)Cc1ccncc1. The molecule has 0 aliphatic rings. The van der Waals surface area contributed by atoms with Crippen molar-refractivity contribution in [2.45, 2.75) is 26.7 Å². The number of rotatable bonds is 4. The Morgan fingerprint density at radius 2 is 2.08 bits per heavy atom. The van der Waals surface area contributed by atoms with Crippen LogP contribution in [-0.2, 0) is 11.2 Å². The van der Waals surface area contributed by atoms with E-state index < -0.39 is 0 Å². The first-order chi connectivity index (χ1) is 6.24. The molecule has 1 aromatic rings. The molecule has 1 atom stereocenters. The summed E-state index contributed by atoms with van der Waals surface area (Å²) in [7, 11) is 0. The number of pyridine rings is 1. The quantitative estimate of drug-likeness (QED) is 0.706. The van der Waals surface area contributed by atoms with Crippen LogP contribution in [0.1, 0.15) is 25.8 Å². The number of hydrogen-bond donors (Lipinski definition) is 0. The van der Waals surface area contributed by atoms with E-state index in [1.54, 1.807) is 12.4 Å². The highest BCUT2D eigenvalue weighted by Crippen LogP contribution is 2.07. The lowest BCUT2D eigenvalue weighted by molar-refractivity contribution is -0.121. The maximum absolute atomic E-state index is 11.5. The van der Waals surface area contributed by atoms with Gasteiger partial charge in [0.05, 0.1) is 0 Å². The number of hydrogen-bond acceptors (Lipinski definition) is 2. The molecule has 0 N–H and O–H groups in total. The van der Waals surface area contributed by atoms with Crippen LogP contribution in [-0.4, -0.2) is 10.8 Å². The first kappa shape index (κ1) is 9.90. The molecule has 0 fully saturated rings. The first-order valence-electron chi connectivity index (χ1n) is 4.65. The average molecular weight is 177 g/mol. The van der Waals surface area contributed by atoms with Gasteiger partial charge in [-0.2, -0.15) is 0 Å². The van der Waals surface area contributed by atoms with Crippen molar-refractivity contribution >= 4 is 5.78 Å². The van der Waals surface area contributed by atoms with E-state index in [1.165, 1.54) is 0 Å². The molecule has 2 heteroatoms. The van der Waals surface area contributed by atoms with Crippen LogP contribution in [0.4, 0.5) is 0 Å².